The van der Waals surface area contributed by atoms with Crippen molar-refractivity contribution in [3.63, 3.8) is 0 Å². The first kappa shape index (κ1) is 15.5. The molecule has 0 amide bonds. The average molecular weight is 275 g/mol. The van der Waals surface area contributed by atoms with E-state index in [0.29, 0.717) is 12.0 Å². The summed E-state index contributed by atoms with van der Waals surface area (Å²) >= 11 is 0. The Hall–Kier alpha value is -0.860. The largest absolute Gasteiger partial charge is 0.376 e. The van der Waals surface area contributed by atoms with Gasteiger partial charge < -0.3 is 10.1 Å². The van der Waals surface area contributed by atoms with E-state index in [4.69, 9.17) is 4.74 Å². The summed E-state index contributed by atoms with van der Waals surface area (Å²) in [6.45, 7) is 7.70. The van der Waals surface area contributed by atoms with Crippen molar-refractivity contribution in [1.82, 2.24) is 5.32 Å². The zero-order chi connectivity index (χ0) is 14.6. The molecule has 1 unspecified atom stereocenters. The van der Waals surface area contributed by atoms with Gasteiger partial charge in [0.2, 0.25) is 0 Å². The molecule has 20 heavy (non-hydrogen) atoms. The quantitative estimate of drug-likeness (QED) is 0.808. The third-order valence-corrected chi connectivity index (χ3v) is 4.47. The first-order valence-electron chi connectivity index (χ1n) is 7.98. The molecule has 1 fully saturated rings. The lowest BCUT2D eigenvalue weighted by atomic mass is 9.72. The van der Waals surface area contributed by atoms with Crippen molar-refractivity contribution in [3.05, 3.63) is 35.4 Å². The van der Waals surface area contributed by atoms with Crippen molar-refractivity contribution < 1.29 is 4.74 Å². The lowest BCUT2D eigenvalue weighted by molar-refractivity contribution is -0.0995. The van der Waals surface area contributed by atoms with Crippen molar-refractivity contribution in [1.29, 1.82) is 0 Å². The molecule has 2 nitrogen and oxygen atoms in total. The summed E-state index contributed by atoms with van der Waals surface area (Å²) < 4.78 is 5.90. The Morgan fingerprint density at radius 3 is 2.55 bits per heavy atom. The van der Waals surface area contributed by atoms with Crippen LogP contribution in [0.4, 0.5) is 0 Å². The van der Waals surface area contributed by atoms with Gasteiger partial charge in [0.1, 0.15) is 0 Å². The topological polar surface area (TPSA) is 21.3 Å². The molecule has 1 aromatic carbocycles. The number of rotatable bonds is 7. The van der Waals surface area contributed by atoms with Gasteiger partial charge in [0, 0.05) is 7.11 Å². The maximum absolute atomic E-state index is 5.90. The van der Waals surface area contributed by atoms with Gasteiger partial charge in [0.15, 0.2) is 0 Å². The Morgan fingerprint density at radius 1 is 1.30 bits per heavy atom. The molecule has 1 aromatic rings. The molecule has 1 aliphatic carbocycles. The highest BCUT2D eigenvalue weighted by molar-refractivity contribution is 5.29. The highest BCUT2D eigenvalue weighted by Crippen LogP contribution is 2.45. The van der Waals surface area contributed by atoms with Crippen molar-refractivity contribution in [3.8, 4) is 0 Å². The molecular weight excluding hydrogens is 246 g/mol. The van der Waals surface area contributed by atoms with Crippen LogP contribution in [-0.2, 0) is 11.2 Å². The SMILES string of the molecule is CCNC(c1cccc(CC(C)C)c1)C1(OC)CCC1. The maximum atomic E-state index is 5.90. The predicted molar refractivity (Wildman–Crippen MR) is 85.0 cm³/mol. The molecule has 0 aliphatic heterocycles. The van der Waals surface area contributed by atoms with Gasteiger partial charge in [-0.3, -0.25) is 0 Å². The van der Waals surface area contributed by atoms with E-state index < -0.39 is 0 Å². The molecule has 112 valence electrons. The molecule has 1 saturated carbocycles. The normalized spacial score (nSPS) is 18.9. The fourth-order valence-corrected chi connectivity index (χ4v) is 3.32. The molecular formula is C18H29NO. The van der Waals surface area contributed by atoms with Gasteiger partial charge in [-0.25, -0.2) is 0 Å². The van der Waals surface area contributed by atoms with E-state index in [1.54, 1.807) is 0 Å². The second kappa shape index (κ2) is 6.73. The van der Waals surface area contributed by atoms with Gasteiger partial charge in [-0.15, -0.1) is 0 Å². The van der Waals surface area contributed by atoms with Crippen LogP contribution >= 0.6 is 0 Å². The Balaban J connectivity index is 2.25. The van der Waals surface area contributed by atoms with Crippen LogP contribution < -0.4 is 5.32 Å². The van der Waals surface area contributed by atoms with Crippen LogP contribution in [0.15, 0.2) is 24.3 Å². The minimum Gasteiger partial charge on any atom is -0.376 e. The zero-order valence-electron chi connectivity index (χ0n) is 13.4. The average Bonchev–Trinajstić information content (AvgIpc) is 2.36. The van der Waals surface area contributed by atoms with E-state index in [1.807, 2.05) is 7.11 Å². The fraction of sp³-hybridized carbons (Fsp3) is 0.667. The van der Waals surface area contributed by atoms with E-state index in [9.17, 15) is 0 Å². The van der Waals surface area contributed by atoms with Crippen molar-refractivity contribution in [2.45, 2.75) is 58.1 Å². The third kappa shape index (κ3) is 3.24. The second-order valence-electron chi connectivity index (χ2n) is 6.46. The zero-order valence-corrected chi connectivity index (χ0v) is 13.4. The number of likely N-dealkylation sites (N-methyl/N-ethyl adjacent to an activating group) is 1. The predicted octanol–water partition coefficient (Wildman–Crippen LogP) is 4.10. The Kier molecular flexibility index (Phi) is 5.22. The number of hydrogen-bond acceptors (Lipinski definition) is 2. The molecule has 0 spiro atoms. The Morgan fingerprint density at radius 2 is 2.05 bits per heavy atom. The van der Waals surface area contributed by atoms with Crippen LogP contribution in [0, 0.1) is 5.92 Å². The van der Waals surface area contributed by atoms with Gasteiger partial charge >= 0.3 is 0 Å². The highest BCUT2D eigenvalue weighted by atomic mass is 16.5. The molecule has 0 radical (unpaired) electrons. The minimum atomic E-state index is 0.00641. The summed E-state index contributed by atoms with van der Waals surface area (Å²) in [5.41, 5.74) is 2.82. The van der Waals surface area contributed by atoms with Crippen molar-refractivity contribution in [2.75, 3.05) is 13.7 Å². The van der Waals surface area contributed by atoms with E-state index in [0.717, 1.165) is 25.8 Å². The van der Waals surface area contributed by atoms with E-state index in [-0.39, 0.29) is 5.60 Å². The van der Waals surface area contributed by atoms with E-state index >= 15 is 0 Å². The third-order valence-electron chi connectivity index (χ3n) is 4.47. The molecule has 0 heterocycles. The summed E-state index contributed by atoms with van der Waals surface area (Å²) in [7, 11) is 1.86. The highest BCUT2D eigenvalue weighted by Gasteiger charge is 2.44. The van der Waals surface area contributed by atoms with Gasteiger partial charge in [-0.05, 0) is 49.3 Å². The number of hydrogen-bond donors (Lipinski definition) is 1. The standard InChI is InChI=1S/C18H29NO/c1-5-19-17(18(20-4)10-7-11-18)16-9-6-8-15(13-16)12-14(2)3/h6,8-9,13-14,17,19H,5,7,10-12H2,1-4H3. The van der Waals surface area contributed by atoms with Gasteiger partial charge in [0.25, 0.3) is 0 Å². The van der Waals surface area contributed by atoms with Crippen LogP contribution in [0.1, 0.15) is 57.2 Å². The molecule has 2 heteroatoms. The maximum Gasteiger partial charge on any atom is 0.0872 e. The summed E-state index contributed by atoms with van der Waals surface area (Å²) in [6, 6.07) is 9.37. The molecule has 2 rings (SSSR count). The van der Waals surface area contributed by atoms with Crippen LogP contribution in [0.25, 0.3) is 0 Å². The molecule has 0 aromatic heterocycles. The monoisotopic (exact) mass is 275 g/mol. The number of ether oxygens (including phenoxy) is 1. The van der Waals surface area contributed by atoms with E-state index in [2.05, 4.69) is 50.4 Å². The molecule has 0 saturated heterocycles. The van der Waals surface area contributed by atoms with Crippen molar-refractivity contribution >= 4 is 0 Å². The van der Waals surface area contributed by atoms with Gasteiger partial charge in [0.05, 0.1) is 11.6 Å². The van der Waals surface area contributed by atoms with Crippen LogP contribution in [-0.4, -0.2) is 19.3 Å². The Labute approximate surface area is 123 Å². The fourth-order valence-electron chi connectivity index (χ4n) is 3.32. The number of benzene rings is 1. The van der Waals surface area contributed by atoms with Crippen LogP contribution in [0.5, 0.6) is 0 Å². The summed E-state index contributed by atoms with van der Waals surface area (Å²) in [5.74, 6) is 0.697. The molecule has 0 bridgehead atoms. The van der Waals surface area contributed by atoms with Gasteiger partial charge in [-0.2, -0.15) is 0 Å². The molecule has 1 N–H and O–H groups in total. The second-order valence-corrected chi connectivity index (χ2v) is 6.46. The molecule has 1 atom stereocenters. The lowest BCUT2D eigenvalue weighted by Gasteiger charge is -2.47. The number of methoxy groups -OCH3 is 1. The Bertz CT molecular complexity index is 418. The van der Waals surface area contributed by atoms with Gasteiger partial charge in [-0.1, -0.05) is 45.0 Å². The summed E-state index contributed by atoms with van der Waals surface area (Å²) in [4.78, 5) is 0. The van der Waals surface area contributed by atoms with Crippen LogP contribution in [0.3, 0.4) is 0 Å². The smallest absolute Gasteiger partial charge is 0.0872 e. The first-order valence-corrected chi connectivity index (χ1v) is 7.98. The number of nitrogens with one attached hydrogen (secondary N) is 1. The van der Waals surface area contributed by atoms with E-state index in [1.165, 1.54) is 17.5 Å². The summed E-state index contributed by atoms with van der Waals surface area (Å²) in [6.07, 6.45) is 4.75. The molecule has 1 aliphatic rings. The van der Waals surface area contributed by atoms with Crippen molar-refractivity contribution in [2.24, 2.45) is 5.92 Å². The first-order chi connectivity index (χ1) is 9.61. The minimum absolute atomic E-state index is 0.00641. The summed E-state index contributed by atoms with van der Waals surface area (Å²) in [5, 5.41) is 3.65. The van der Waals surface area contributed by atoms with Crippen LogP contribution in [0.2, 0.25) is 0 Å². The lowest BCUT2D eigenvalue weighted by Crippen LogP contribution is -2.50.